The summed E-state index contributed by atoms with van der Waals surface area (Å²) < 4.78 is 0. The molecule has 0 bridgehead atoms. The summed E-state index contributed by atoms with van der Waals surface area (Å²) in [6, 6.07) is 0. The topological polar surface area (TPSA) is 37.3 Å². The molecule has 2 nitrogen and oxygen atoms in total. The zero-order valence-electron chi connectivity index (χ0n) is 5.42. The van der Waals surface area contributed by atoms with E-state index < -0.39 is 5.97 Å². The van der Waals surface area contributed by atoms with Gasteiger partial charge in [-0.15, -0.1) is 12.4 Å². The van der Waals surface area contributed by atoms with E-state index in [1.807, 2.05) is 0 Å². The Balaban J connectivity index is 0.000000810. The van der Waals surface area contributed by atoms with Gasteiger partial charge in [-0.1, -0.05) is 15.9 Å². The summed E-state index contributed by atoms with van der Waals surface area (Å²) in [6.07, 6.45) is 2.65. The quantitative estimate of drug-likeness (QED) is 0.699. The van der Waals surface area contributed by atoms with Crippen LogP contribution < -0.4 is 0 Å². The van der Waals surface area contributed by atoms with Crippen molar-refractivity contribution in [2.75, 3.05) is 0 Å². The SMILES string of the molecule is Cl.O=C(O)C1CCC(Br)C1. The molecule has 10 heavy (non-hydrogen) atoms. The highest BCUT2D eigenvalue weighted by Gasteiger charge is 2.27. The molecule has 1 saturated carbocycles. The molecule has 0 saturated heterocycles. The number of carboxylic acid groups (broad SMARTS) is 1. The van der Waals surface area contributed by atoms with Crippen molar-refractivity contribution in [2.45, 2.75) is 24.1 Å². The third-order valence-electron chi connectivity index (χ3n) is 1.72. The van der Waals surface area contributed by atoms with Crippen LogP contribution in [0.15, 0.2) is 0 Å². The molecule has 0 radical (unpaired) electrons. The van der Waals surface area contributed by atoms with Crippen LogP contribution in [0.2, 0.25) is 0 Å². The number of halogens is 2. The minimum atomic E-state index is -0.642. The summed E-state index contributed by atoms with van der Waals surface area (Å²) in [6.45, 7) is 0. The summed E-state index contributed by atoms with van der Waals surface area (Å²) in [5, 5.41) is 8.51. The minimum Gasteiger partial charge on any atom is -0.481 e. The number of alkyl halides is 1. The Morgan fingerprint density at radius 3 is 2.30 bits per heavy atom. The van der Waals surface area contributed by atoms with Crippen molar-refractivity contribution < 1.29 is 9.90 Å². The Morgan fingerprint density at radius 1 is 1.50 bits per heavy atom. The second-order valence-corrected chi connectivity index (χ2v) is 3.74. The van der Waals surface area contributed by atoms with E-state index in [0.717, 1.165) is 19.3 Å². The zero-order chi connectivity index (χ0) is 6.85. The van der Waals surface area contributed by atoms with Gasteiger partial charge >= 0.3 is 5.97 Å². The van der Waals surface area contributed by atoms with E-state index in [1.165, 1.54) is 0 Å². The zero-order valence-corrected chi connectivity index (χ0v) is 7.82. The number of carboxylic acids is 1. The fourth-order valence-corrected chi connectivity index (χ4v) is 1.87. The van der Waals surface area contributed by atoms with E-state index in [9.17, 15) is 4.79 Å². The Labute approximate surface area is 74.5 Å². The summed E-state index contributed by atoms with van der Waals surface area (Å²) in [7, 11) is 0. The van der Waals surface area contributed by atoms with Crippen LogP contribution in [0, 0.1) is 5.92 Å². The molecule has 1 fully saturated rings. The maximum Gasteiger partial charge on any atom is 0.306 e. The maximum absolute atomic E-state index is 10.3. The van der Waals surface area contributed by atoms with Crippen molar-refractivity contribution >= 4 is 34.3 Å². The molecule has 0 aromatic rings. The van der Waals surface area contributed by atoms with E-state index in [2.05, 4.69) is 15.9 Å². The molecule has 0 heterocycles. The van der Waals surface area contributed by atoms with Crippen molar-refractivity contribution in [1.82, 2.24) is 0 Å². The summed E-state index contributed by atoms with van der Waals surface area (Å²) in [5.41, 5.74) is 0. The number of rotatable bonds is 1. The standard InChI is InChI=1S/C6H9BrO2.ClH/c7-5-2-1-4(3-5)6(8)9;/h4-5H,1-3H2,(H,8,9);1H. The molecular formula is C6H10BrClO2. The average molecular weight is 230 g/mol. The molecule has 60 valence electrons. The monoisotopic (exact) mass is 228 g/mol. The van der Waals surface area contributed by atoms with Crippen molar-refractivity contribution in [3.63, 3.8) is 0 Å². The number of aliphatic carboxylic acids is 1. The Hall–Kier alpha value is 0.240. The lowest BCUT2D eigenvalue weighted by Gasteiger charge is -1.98. The van der Waals surface area contributed by atoms with Gasteiger partial charge in [0.25, 0.3) is 0 Å². The first kappa shape index (κ1) is 10.2. The number of hydrogen-bond acceptors (Lipinski definition) is 1. The van der Waals surface area contributed by atoms with Crippen molar-refractivity contribution in [3.8, 4) is 0 Å². The van der Waals surface area contributed by atoms with Gasteiger partial charge in [0.2, 0.25) is 0 Å². The first-order chi connectivity index (χ1) is 4.20. The van der Waals surface area contributed by atoms with Gasteiger partial charge in [-0.05, 0) is 19.3 Å². The van der Waals surface area contributed by atoms with E-state index in [1.54, 1.807) is 0 Å². The molecule has 0 aliphatic heterocycles. The van der Waals surface area contributed by atoms with Crippen LogP contribution >= 0.6 is 28.3 Å². The molecule has 0 aromatic carbocycles. The van der Waals surface area contributed by atoms with Crippen LogP contribution in [0.25, 0.3) is 0 Å². The predicted octanol–water partition coefficient (Wildman–Crippen LogP) is 2.06. The molecule has 0 amide bonds. The highest BCUT2D eigenvalue weighted by atomic mass is 79.9. The highest BCUT2D eigenvalue weighted by molar-refractivity contribution is 9.09. The second kappa shape index (κ2) is 4.19. The van der Waals surface area contributed by atoms with Gasteiger partial charge in [-0.2, -0.15) is 0 Å². The molecule has 0 spiro atoms. The molecule has 2 unspecified atom stereocenters. The van der Waals surface area contributed by atoms with E-state index in [0.29, 0.717) is 4.83 Å². The summed E-state index contributed by atoms with van der Waals surface area (Å²) in [5.74, 6) is -0.730. The van der Waals surface area contributed by atoms with Crippen LogP contribution in [0.3, 0.4) is 0 Å². The molecule has 1 rings (SSSR count). The van der Waals surface area contributed by atoms with E-state index >= 15 is 0 Å². The van der Waals surface area contributed by atoms with Gasteiger partial charge in [0.1, 0.15) is 0 Å². The average Bonchev–Trinajstić information content (AvgIpc) is 2.14. The van der Waals surface area contributed by atoms with Gasteiger partial charge in [-0.3, -0.25) is 4.79 Å². The molecule has 1 N–H and O–H groups in total. The van der Waals surface area contributed by atoms with Crippen molar-refractivity contribution in [3.05, 3.63) is 0 Å². The number of carbonyl (C=O) groups is 1. The third kappa shape index (κ3) is 2.46. The molecule has 2 atom stereocenters. The largest absolute Gasteiger partial charge is 0.481 e. The van der Waals surface area contributed by atoms with Crippen LogP contribution in [0.4, 0.5) is 0 Å². The second-order valence-electron chi connectivity index (χ2n) is 2.45. The van der Waals surface area contributed by atoms with E-state index in [-0.39, 0.29) is 18.3 Å². The lowest BCUT2D eigenvalue weighted by molar-refractivity contribution is -0.141. The Morgan fingerprint density at radius 2 is 2.10 bits per heavy atom. The fourth-order valence-electron chi connectivity index (χ4n) is 1.15. The van der Waals surface area contributed by atoms with Crippen LogP contribution in [0.1, 0.15) is 19.3 Å². The third-order valence-corrected chi connectivity index (χ3v) is 2.55. The molecule has 1 aliphatic rings. The lowest BCUT2D eigenvalue weighted by Crippen LogP contribution is -2.09. The van der Waals surface area contributed by atoms with Crippen LogP contribution in [0.5, 0.6) is 0 Å². The minimum absolute atomic E-state index is 0. The Bertz CT molecular complexity index is 129. The van der Waals surface area contributed by atoms with Gasteiger partial charge < -0.3 is 5.11 Å². The smallest absolute Gasteiger partial charge is 0.306 e. The first-order valence-electron chi connectivity index (χ1n) is 3.07. The van der Waals surface area contributed by atoms with E-state index in [4.69, 9.17) is 5.11 Å². The first-order valence-corrected chi connectivity index (χ1v) is 3.98. The van der Waals surface area contributed by atoms with Crippen molar-refractivity contribution in [2.24, 2.45) is 5.92 Å². The fraction of sp³-hybridized carbons (Fsp3) is 0.833. The molecular weight excluding hydrogens is 219 g/mol. The van der Waals surface area contributed by atoms with Crippen LogP contribution in [-0.2, 0) is 4.79 Å². The number of hydrogen-bond donors (Lipinski definition) is 1. The van der Waals surface area contributed by atoms with Gasteiger partial charge in [-0.25, -0.2) is 0 Å². The van der Waals surface area contributed by atoms with Gasteiger partial charge in [0.05, 0.1) is 5.92 Å². The normalized spacial score (nSPS) is 31.3. The predicted molar refractivity (Wildman–Crippen MR) is 44.9 cm³/mol. The van der Waals surface area contributed by atoms with Gasteiger partial charge in [0, 0.05) is 4.83 Å². The van der Waals surface area contributed by atoms with Gasteiger partial charge in [0.15, 0.2) is 0 Å². The van der Waals surface area contributed by atoms with Crippen molar-refractivity contribution in [1.29, 1.82) is 0 Å². The summed E-state index contributed by atoms with van der Waals surface area (Å²) in [4.78, 5) is 10.8. The Kier molecular flexibility index (Phi) is 4.29. The molecule has 0 aromatic heterocycles. The van der Waals surface area contributed by atoms with Crippen LogP contribution in [-0.4, -0.2) is 15.9 Å². The highest BCUT2D eigenvalue weighted by Crippen LogP contribution is 2.30. The maximum atomic E-state index is 10.3. The summed E-state index contributed by atoms with van der Waals surface area (Å²) >= 11 is 3.38. The lowest BCUT2D eigenvalue weighted by atomic mass is 10.1. The molecule has 4 heteroatoms. The molecule has 1 aliphatic carbocycles.